The third-order valence-corrected chi connectivity index (χ3v) is 2.85. The SMILES string of the molecule is CN1CCN(/N=C/c2ccc(O)c(O)c2)CC1. The van der Waals surface area contributed by atoms with Crippen LogP contribution >= 0.6 is 0 Å². The predicted octanol–water partition coefficient (Wildman–Crippen LogP) is 0.679. The minimum atomic E-state index is -0.118. The lowest BCUT2D eigenvalue weighted by Crippen LogP contribution is -2.41. The molecule has 17 heavy (non-hydrogen) atoms. The molecule has 5 nitrogen and oxygen atoms in total. The zero-order valence-corrected chi connectivity index (χ0v) is 9.87. The van der Waals surface area contributed by atoms with E-state index >= 15 is 0 Å². The van der Waals surface area contributed by atoms with E-state index in [-0.39, 0.29) is 11.5 Å². The van der Waals surface area contributed by atoms with Crippen LogP contribution in [0.1, 0.15) is 5.56 Å². The van der Waals surface area contributed by atoms with Crippen LogP contribution in [0.2, 0.25) is 0 Å². The largest absolute Gasteiger partial charge is 0.504 e. The van der Waals surface area contributed by atoms with Gasteiger partial charge in [-0.05, 0) is 30.8 Å². The molecular weight excluding hydrogens is 218 g/mol. The van der Waals surface area contributed by atoms with E-state index in [4.69, 9.17) is 0 Å². The van der Waals surface area contributed by atoms with Crippen LogP contribution in [-0.2, 0) is 0 Å². The maximum atomic E-state index is 9.34. The van der Waals surface area contributed by atoms with Crippen molar-refractivity contribution in [3.05, 3.63) is 23.8 Å². The summed E-state index contributed by atoms with van der Waals surface area (Å²) in [7, 11) is 2.10. The zero-order chi connectivity index (χ0) is 12.3. The van der Waals surface area contributed by atoms with Gasteiger partial charge in [-0.15, -0.1) is 0 Å². The highest BCUT2D eigenvalue weighted by molar-refractivity contribution is 5.80. The van der Waals surface area contributed by atoms with E-state index in [1.807, 2.05) is 5.01 Å². The summed E-state index contributed by atoms with van der Waals surface area (Å²) in [5.74, 6) is -0.228. The summed E-state index contributed by atoms with van der Waals surface area (Å²) >= 11 is 0. The average Bonchev–Trinajstić information content (AvgIpc) is 2.33. The summed E-state index contributed by atoms with van der Waals surface area (Å²) in [4.78, 5) is 2.26. The molecule has 0 saturated carbocycles. The number of hydrogen-bond acceptors (Lipinski definition) is 5. The fourth-order valence-corrected chi connectivity index (χ4v) is 1.68. The first-order chi connectivity index (χ1) is 8.15. The van der Waals surface area contributed by atoms with Gasteiger partial charge in [-0.3, -0.25) is 5.01 Å². The van der Waals surface area contributed by atoms with Crippen molar-refractivity contribution in [2.75, 3.05) is 33.2 Å². The van der Waals surface area contributed by atoms with Crippen molar-refractivity contribution in [1.29, 1.82) is 0 Å². The van der Waals surface area contributed by atoms with Crippen LogP contribution in [0.15, 0.2) is 23.3 Å². The van der Waals surface area contributed by atoms with Crippen molar-refractivity contribution >= 4 is 6.21 Å². The third kappa shape index (κ3) is 3.10. The molecule has 1 saturated heterocycles. The van der Waals surface area contributed by atoms with Crippen LogP contribution in [0, 0.1) is 0 Å². The minimum absolute atomic E-state index is 0.109. The lowest BCUT2D eigenvalue weighted by atomic mass is 10.2. The molecule has 5 heteroatoms. The van der Waals surface area contributed by atoms with Crippen LogP contribution in [-0.4, -0.2) is 59.6 Å². The Morgan fingerprint density at radius 2 is 1.82 bits per heavy atom. The average molecular weight is 235 g/mol. The lowest BCUT2D eigenvalue weighted by molar-refractivity contribution is 0.159. The van der Waals surface area contributed by atoms with Crippen molar-refractivity contribution in [3.63, 3.8) is 0 Å². The molecule has 1 aliphatic rings. The third-order valence-electron chi connectivity index (χ3n) is 2.85. The zero-order valence-electron chi connectivity index (χ0n) is 9.87. The number of piperazine rings is 1. The molecule has 1 fully saturated rings. The highest BCUT2D eigenvalue weighted by atomic mass is 16.3. The Kier molecular flexibility index (Phi) is 3.49. The second kappa shape index (κ2) is 5.05. The molecule has 1 aromatic rings. The molecule has 0 bridgehead atoms. The second-order valence-corrected chi connectivity index (χ2v) is 4.25. The van der Waals surface area contributed by atoms with Crippen molar-refractivity contribution in [3.8, 4) is 11.5 Å². The first kappa shape index (κ1) is 11.7. The number of hydrogen-bond donors (Lipinski definition) is 2. The maximum absolute atomic E-state index is 9.34. The first-order valence-electron chi connectivity index (χ1n) is 5.64. The topological polar surface area (TPSA) is 59.3 Å². The van der Waals surface area contributed by atoms with Gasteiger partial charge in [0.25, 0.3) is 0 Å². The number of rotatable bonds is 2. The maximum Gasteiger partial charge on any atom is 0.158 e. The fourth-order valence-electron chi connectivity index (χ4n) is 1.68. The van der Waals surface area contributed by atoms with E-state index < -0.39 is 0 Å². The molecular formula is C12H17N3O2. The number of likely N-dealkylation sites (N-methyl/N-ethyl adjacent to an activating group) is 1. The number of phenolic OH excluding ortho intramolecular Hbond substituents is 2. The van der Waals surface area contributed by atoms with E-state index in [9.17, 15) is 10.2 Å². The normalized spacial score (nSPS) is 17.8. The number of phenols is 2. The molecule has 0 atom stereocenters. The van der Waals surface area contributed by atoms with Crippen LogP contribution < -0.4 is 0 Å². The van der Waals surface area contributed by atoms with Crippen molar-refractivity contribution in [1.82, 2.24) is 9.91 Å². The summed E-state index contributed by atoms with van der Waals surface area (Å²) in [6.45, 7) is 3.85. The molecule has 2 rings (SSSR count). The quantitative estimate of drug-likeness (QED) is 0.584. The Bertz CT molecular complexity index is 412. The van der Waals surface area contributed by atoms with Crippen LogP contribution in [0.5, 0.6) is 11.5 Å². The summed E-state index contributed by atoms with van der Waals surface area (Å²) in [6, 6.07) is 4.67. The Balaban J connectivity index is 1.97. The molecule has 1 aliphatic heterocycles. The Labute approximate surface area is 101 Å². The van der Waals surface area contributed by atoms with Crippen molar-refractivity contribution in [2.24, 2.45) is 5.10 Å². The molecule has 1 heterocycles. The van der Waals surface area contributed by atoms with Crippen molar-refractivity contribution < 1.29 is 10.2 Å². The summed E-state index contributed by atoms with van der Waals surface area (Å²) in [5, 5.41) is 24.9. The minimum Gasteiger partial charge on any atom is -0.504 e. The molecule has 0 aromatic heterocycles. The number of hydrazone groups is 1. The van der Waals surface area contributed by atoms with Crippen LogP contribution in [0.4, 0.5) is 0 Å². The number of nitrogens with zero attached hydrogens (tertiary/aromatic N) is 3. The fraction of sp³-hybridized carbons (Fsp3) is 0.417. The summed E-state index contributed by atoms with van der Waals surface area (Å²) in [6.07, 6.45) is 1.70. The Morgan fingerprint density at radius 1 is 1.12 bits per heavy atom. The number of benzene rings is 1. The van der Waals surface area contributed by atoms with Gasteiger partial charge in [-0.2, -0.15) is 5.10 Å². The van der Waals surface area contributed by atoms with Gasteiger partial charge in [0.1, 0.15) is 0 Å². The van der Waals surface area contributed by atoms with E-state index in [1.54, 1.807) is 12.3 Å². The molecule has 0 spiro atoms. The van der Waals surface area contributed by atoms with Gasteiger partial charge in [0.2, 0.25) is 0 Å². The lowest BCUT2D eigenvalue weighted by Gasteiger charge is -2.30. The highest BCUT2D eigenvalue weighted by Gasteiger charge is 2.10. The van der Waals surface area contributed by atoms with E-state index in [2.05, 4.69) is 17.0 Å². The number of aromatic hydroxyl groups is 2. The van der Waals surface area contributed by atoms with Gasteiger partial charge in [0.05, 0.1) is 6.21 Å². The van der Waals surface area contributed by atoms with Gasteiger partial charge in [0.15, 0.2) is 11.5 Å². The molecule has 2 N–H and O–H groups in total. The first-order valence-corrected chi connectivity index (χ1v) is 5.64. The molecule has 0 aliphatic carbocycles. The predicted molar refractivity (Wildman–Crippen MR) is 66.4 cm³/mol. The van der Waals surface area contributed by atoms with Crippen LogP contribution in [0.25, 0.3) is 0 Å². The Hall–Kier alpha value is -1.75. The molecule has 1 aromatic carbocycles. The Morgan fingerprint density at radius 3 is 2.47 bits per heavy atom. The van der Waals surface area contributed by atoms with Crippen molar-refractivity contribution in [2.45, 2.75) is 0 Å². The standard InChI is InChI=1S/C12H17N3O2/c1-14-4-6-15(7-5-14)13-9-10-2-3-11(16)12(17)8-10/h2-3,8-9,16-17H,4-7H2,1H3/b13-9+. The van der Waals surface area contributed by atoms with Gasteiger partial charge in [0, 0.05) is 26.2 Å². The smallest absolute Gasteiger partial charge is 0.158 e. The van der Waals surface area contributed by atoms with E-state index in [1.165, 1.54) is 12.1 Å². The monoisotopic (exact) mass is 235 g/mol. The van der Waals surface area contributed by atoms with Crippen LogP contribution in [0.3, 0.4) is 0 Å². The van der Waals surface area contributed by atoms with E-state index in [0.29, 0.717) is 0 Å². The molecule has 0 radical (unpaired) electrons. The molecule has 0 amide bonds. The van der Waals surface area contributed by atoms with Gasteiger partial charge in [-0.25, -0.2) is 0 Å². The van der Waals surface area contributed by atoms with Gasteiger partial charge < -0.3 is 15.1 Å². The van der Waals surface area contributed by atoms with Gasteiger partial charge >= 0.3 is 0 Å². The summed E-state index contributed by atoms with van der Waals surface area (Å²) in [5.41, 5.74) is 0.777. The van der Waals surface area contributed by atoms with E-state index in [0.717, 1.165) is 31.7 Å². The second-order valence-electron chi connectivity index (χ2n) is 4.25. The van der Waals surface area contributed by atoms with Gasteiger partial charge in [-0.1, -0.05) is 0 Å². The highest BCUT2D eigenvalue weighted by Crippen LogP contribution is 2.24. The molecule has 92 valence electrons. The molecule has 0 unspecified atom stereocenters. The summed E-state index contributed by atoms with van der Waals surface area (Å²) < 4.78 is 0.